The summed E-state index contributed by atoms with van der Waals surface area (Å²) in [7, 11) is 0. The Morgan fingerprint density at radius 3 is 2.62 bits per heavy atom. The maximum atomic E-state index is 8.74. The van der Waals surface area contributed by atoms with Gasteiger partial charge in [-0.15, -0.1) is 0 Å². The Bertz CT molecular complexity index is 651. The second kappa shape index (κ2) is 5.63. The van der Waals surface area contributed by atoms with Crippen LogP contribution in [-0.4, -0.2) is 29.6 Å². The van der Waals surface area contributed by atoms with E-state index in [-0.39, 0.29) is 17.1 Å². The van der Waals surface area contributed by atoms with Crippen molar-refractivity contribution in [2.75, 3.05) is 12.0 Å². The number of hydrogen-bond donors (Lipinski definition) is 3. The third-order valence-corrected chi connectivity index (χ3v) is 2.76. The summed E-state index contributed by atoms with van der Waals surface area (Å²) >= 11 is 0. The van der Waals surface area contributed by atoms with Crippen molar-refractivity contribution >= 4 is 23.1 Å². The van der Waals surface area contributed by atoms with Crippen LogP contribution in [0.4, 0.5) is 5.69 Å². The van der Waals surface area contributed by atoms with Gasteiger partial charge in [0.2, 0.25) is 11.6 Å². The highest BCUT2D eigenvalue weighted by Gasteiger charge is 2.26. The molecule has 21 heavy (non-hydrogen) atoms. The van der Waals surface area contributed by atoms with Gasteiger partial charge >= 0.3 is 0 Å². The van der Waals surface area contributed by atoms with Crippen LogP contribution in [0.5, 0.6) is 0 Å². The highest BCUT2D eigenvalue weighted by Crippen LogP contribution is 2.21. The van der Waals surface area contributed by atoms with Crippen LogP contribution in [0.15, 0.2) is 34.4 Å². The van der Waals surface area contributed by atoms with Crippen LogP contribution in [0.2, 0.25) is 0 Å². The maximum Gasteiger partial charge on any atom is 0.216 e. The van der Waals surface area contributed by atoms with Crippen molar-refractivity contribution in [3.63, 3.8) is 0 Å². The van der Waals surface area contributed by atoms with Gasteiger partial charge in [-0.3, -0.25) is 10.8 Å². The first-order valence-electron chi connectivity index (χ1n) is 6.32. The topological polar surface area (TPSA) is 120 Å². The average Bonchev–Trinajstić information content (AvgIpc) is 2.80. The van der Waals surface area contributed by atoms with Gasteiger partial charge in [-0.1, -0.05) is 0 Å². The van der Waals surface area contributed by atoms with Crippen LogP contribution in [0.1, 0.15) is 19.4 Å². The first-order valence-corrected chi connectivity index (χ1v) is 6.32. The van der Waals surface area contributed by atoms with E-state index >= 15 is 0 Å². The van der Waals surface area contributed by atoms with Gasteiger partial charge in [-0.25, -0.2) is 4.99 Å². The van der Waals surface area contributed by atoms with Gasteiger partial charge in [0.25, 0.3) is 0 Å². The molecule has 4 N–H and O–H groups in total. The standard InChI is InChI=1S/C14H16N6O/c1-14(2)8-21-13(18-14)9-3-5-10(6-4-9)19-20-11(7-15)12(16)17/h3-6,19H,8H2,1-2H3,(H3,16,17)/b20-11+. The molecule has 1 aliphatic rings. The summed E-state index contributed by atoms with van der Waals surface area (Å²) in [5.41, 5.74) is 9.07. The van der Waals surface area contributed by atoms with Gasteiger partial charge < -0.3 is 10.5 Å². The van der Waals surface area contributed by atoms with Crippen molar-refractivity contribution in [3.8, 4) is 6.07 Å². The molecular weight excluding hydrogens is 268 g/mol. The van der Waals surface area contributed by atoms with Gasteiger partial charge in [0.1, 0.15) is 12.7 Å². The number of hydrogen-bond acceptors (Lipinski definition) is 6. The fourth-order valence-corrected chi connectivity index (χ4v) is 1.69. The molecule has 0 radical (unpaired) electrons. The summed E-state index contributed by atoms with van der Waals surface area (Å²) in [4.78, 5) is 4.49. The lowest BCUT2D eigenvalue weighted by Crippen LogP contribution is -2.21. The zero-order valence-corrected chi connectivity index (χ0v) is 11.8. The van der Waals surface area contributed by atoms with E-state index < -0.39 is 0 Å². The first-order chi connectivity index (χ1) is 9.91. The number of nitrogens with two attached hydrogens (primary N) is 1. The van der Waals surface area contributed by atoms with Crippen molar-refractivity contribution in [3.05, 3.63) is 29.8 Å². The Morgan fingerprint density at radius 2 is 2.14 bits per heavy atom. The van der Waals surface area contributed by atoms with Crippen LogP contribution in [0.25, 0.3) is 0 Å². The first kappa shape index (κ1) is 14.5. The molecule has 0 spiro atoms. The molecule has 7 heteroatoms. The normalized spacial score (nSPS) is 16.6. The number of aliphatic imine (C=N–C) groups is 1. The van der Waals surface area contributed by atoms with E-state index in [9.17, 15) is 0 Å². The zero-order valence-electron chi connectivity index (χ0n) is 11.8. The number of benzene rings is 1. The Kier molecular flexibility index (Phi) is 3.89. The summed E-state index contributed by atoms with van der Waals surface area (Å²) in [6.07, 6.45) is 0. The molecule has 1 heterocycles. The molecule has 0 unspecified atom stereocenters. The summed E-state index contributed by atoms with van der Waals surface area (Å²) in [6, 6.07) is 8.99. The molecule has 1 aromatic rings. The molecule has 0 fully saturated rings. The molecule has 2 rings (SSSR count). The van der Waals surface area contributed by atoms with Crippen molar-refractivity contribution in [2.24, 2.45) is 15.8 Å². The van der Waals surface area contributed by atoms with Crippen LogP contribution in [-0.2, 0) is 4.74 Å². The summed E-state index contributed by atoms with van der Waals surface area (Å²) in [6.45, 7) is 4.59. The van der Waals surface area contributed by atoms with Gasteiger partial charge in [0.15, 0.2) is 5.84 Å². The molecule has 1 aromatic carbocycles. The van der Waals surface area contributed by atoms with Crippen LogP contribution in [0, 0.1) is 16.7 Å². The number of nitrogens with one attached hydrogen (secondary N) is 2. The SMILES string of the molecule is CC1(C)COC(c2ccc(N/N=C(\C#N)C(=N)N)cc2)=N1. The Balaban J connectivity index is 2.10. The third kappa shape index (κ3) is 3.57. The minimum Gasteiger partial charge on any atom is -0.475 e. The molecule has 0 aliphatic carbocycles. The Labute approximate surface area is 122 Å². The lowest BCUT2D eigenvalue weighted by molar-refractivity contribution is 0.279. The number of hydrazone groups is 1. The van der Waals surface area contributed by atoms with Crippen molar-refractivity contribution in [1.29, 1.82) is 10.7 Å². The molecule has 1 aliphatic heterocycles. The second-order valence-corrected chi connectivity index (χ2v) is 5.19. The zero-order chi connectivity index (χ0) is 15.5. The lowest BCUT2D eigenvalue weighted by atomic mass is 10.1. The second-order valence-electron chi connectivity index (χ2n) is 5.19. The number of ether oxygens (including phenoxy) is 1. The average molecular weight is 284 g/mol. The van der Waals surface area contributed by atoms with Gasteiger partial charge in [0.05, 0.1) is 11.2 Å². The monoisotopic (exact) mass is 284 g/mol. The predicted molar refractivity (Wildman–Crippen MR) is 81.6 cm³/mol. The molecule has 0 saturated heterocycles. The number of rotatable bonds is 4. The van der Waals surface area contributed by atoms with Gasteiger partial charge in [0, 0.05) is 5.56 Å². The van der Waals surface area contributed by atoms with E-state index in [2.05, 4.69) is 15.5 Å². The highest BCUT2D eigenvalue weighted by atomic mass is 16.5. The fraction of sp³-hybridized carbons (Fsp3) is 0.286. The van der Waals surface area contributed by atoms with Gasteiger partial charge in [-0.2, -0.15) is 10.4 Å². The van der Waals surface area contributed by atoms with Crippen LogP contribution >= 0.6 is 0 Å². The molecule has 7 nitrogen and oxygen atoms in total. The third-order valence-electron chi connectivity index (χ3n) is 2.76. The van der Waals surface area contributed by atoms with Crippen LogP contribution in [0.3, 0.4) is 0 Å². The molecule has 0 atom stereocenters. The van der Waals surface area contributed by atoms with E-state index in [1.54, 1.807) is 18.2 Å². The summed E-state index contributed by atoms with van der Waals surface area (Å²) < 4.78 is 5.56. The van der Waals surface area contributed by atoms with E-state index in [0.717, 1.165) is 5.56 Å². The number of amidine groups is 1. The molecule has 0 bridgehead atoms. The fourth-order valence-electron chi connectivity index (χ4n) is 1.69. The number of nitriles is 1. The minimum absolute atomic E-state index is 0.163. The Hall–Kier alpha value is -2.88. The van der Waals surface area contributed by atoms with Crippen LogP contribution < -0.4 is 11.2 Å². The van der Waals surface area contributed by atoms with E-state index in [1.807, 2.05) is 26.0 Å². The van der Waals surface area contributed by atoms with E-state index in [0.29, 0.717) is 18.2 Å². The molecular formula is C14H16N6O. The maximum absolute atomic E-state index is 8.74. The summed E-state index contributed by atoms with van der Waals surface area (Å²) in [5.74, 6) is 0.245. The largest absolute Gasteiger partial charge is 0.475 e. The van der Waals surface area contributed by atoms with Crippen molar-refractivity contribution in [1.82, 2.24) is 0 Å². The lowest BCUT2D eigenvalue weighted by Gasteiger charge is -2.07. The predicted octanol–water partition coefficient (Wildman–Crippen LogP) is 1.47. The summed E-state index contributed by atoms with van der Waals surface area (Å²) in [5, 5.41) is 19.6. The smallest absolute Gasteiger partial charge is 0.216 e. The number of nitrogens with zero attached hydrogens (tertiary/aromatic N) is 3. The molecule has 108 valence electrons. The molecule has 0 saturated carbocycles. The van der Waals surface area contributed by atoms with E-state index in [1.165, 1.54) is 0 Å². The molecule has 0 aromatic heterocycles. The minimum atomic E-state index is -0.377. The van der Waals surface area contributed by atoms with Crippen molar-refractivity contribution < 1.29 is 4.74 Å². The van der Waals surface area contributed by atoms with Gasteiger partial charge in [-0.05, 0) is 38.1 Å². The number of anilines is 1. The quantitative estimate of drug-likeness (QED) is 0.440. The highest BCUT2D eigenvalue weighted by molar-refractivity contribution is 6.45. The van der Waals surface area contributed by atoms with Crippen molar-refractivity contribution in [2.45, 2.75) is 19.4 Å². The Morgan fingerprint density at radius 1 is 1.48 bits per heavy atom. The molecule has 0 amide bonds. The van der Waals surface area contributed by atoms with E-state index in [4.69, 9.17) is 21.1 Å².